The highest BCUT2D eigenvalue weighted by Crippen LogP contribution is 2.39. The van der Waals surface area contributed by atoms with Gasteiger partial charge in [0.1, 0.15) is 5.57 Å². The maximum Gasteiger partial charge on any atom is 0.341 e. The molecule has 3 nitrogen and oxygen atoms in total. The first-order chi connectivity index (χ1) is 9.08. The Kier molecular flexibility index (Phi) is 5.32. The maximum atomic E-state index is 12.0. The second-order valence-electron chi connectivity index (χ2n) is 3.50. The fraction of sp³-hybridized carbons (Fsp3) is 0.167. The van der Waals surface area contributed by atoms with Gasteiger partial charge in [-0.2, -0.15) is 0 Å². The van der Waals surface area contributed by atoms with Gasteiger partial charge in [-0.3, -0.25) is 4.79 Å². The molecule has 0 bridgehead atoms. The van der Waals surface area contributed by atoms with E-state index in [1.807, 2.05) is 12.1 Å². The minimum atomic E-state index is -1.15. The van der Waals surface area contributed by atoms with Crippen molar-refractivity contribution in [3.63, 3.8) is 0 Å². The molecule has 1 aromatic rings. The Bertz CT molecular complexity index is 567. The Balaban J connectivity index is 2.19. The molecule has 1 fully saturated rings. The van der Waals surface area contributed by atoms with Gasteiger partial charge in [-0.1, -0.05) is 0 Å². The van der Waals surface area contributed by atoms with E-state index in [4.69, 9.17) is 5.11 Å². The van der Waals surface area contributed by atoms with Gasteiger partial charge in [0.25, 0.3) is 0 Å². The molecule has 2 rings (SSSR count). The van der Waals surface area contributed by atoms with Gasteiger partial charge in [0, 0.05) is 16.4 Å². The van der Waals surface area contributed by atoms with Gasteiger partial charge in [-0.05, 0) is 40.2 Å². The lowest BCUT2D eigenvalue weighted by Gasteiger charge is -2.01. The van der Waals surface area contributed by atoms with E-state index in [0.717, 1.165) is 20.2 Å². The summed E-state index contributed by atoms with van der Waals surface area (Å²) in [5.41, 5.74) is -0.112. The van der Waals surface area contributed by atoms with E-state index in [0.29, 0.717) is 4.24 Å². The number of carboxylic acids is 1. The van der Waals surface area contributed by atoms with E-state index >= 15 is 0 Å². The molecule has 7 heteroatoms. The molecule has 1 saturated heterocycles. The summed E-state index contributed by atoms with van der Waals surface area (Å²) in [6.45, 7) is 0. The van der Waals surface area contributed by atoms with Crippen LogP contribution in [0.25, 0.3) is 6.08 Å². The number of thiophene rings is 1. The van der Waals surface area contributed by atoms with Crippen LogP contribution >= 0.6 is 50.8 Å². The first kappa shape index (κ1) is 14.9. The second kappa shape index (κ2) is 6.78. The summed E-state index contributed by atoms with van der Waals surface area (Å²) in [5, 5.41) is 9.16. The Morgan fingerprint density at radius 2 is 1.95 bits per heavy atom. The number of carbonyl (C=O) groups is 2. The second-order valence-corrected chi connectivity index (χ2v) is 8.47. The van der Waals surface area contributed by atoms with E-state index in [9.17, 15) is 9.59 Å². The summed E-state index contributed by atoms with van der Waals surface area (Å²) in [5.74, 6) is 0.102. The lowest BCUT2D eigenvalue weighted by atomic mass is 10.2. The molecule has 0 atom stereocenters. The number of allylic oxidation sites excluding steroid dienone is 1. The average molecular weight is 377 g/mol. The molecule has 0 spiro atoms. The Morgan fingerprint density at radius 1 is 1.26 bits per heavy atom. The van der Waals surface area contributed by atoms with Crippen LogP contribution in [0.5, 0.6) is 0 Å². The van der Waals surface area contributed by atoms with Gasteiger partial charge in [-0.15, -0.1) is 34.9 Å². The molecule has 1 aromatic heterocycles. The van der Waals surface area contributed by atoms with Crippen LogP contribution in [-0.4, -0.2) is 28.4 Å². The standard InChI is InChI=1S/C12H9BrO3S3/c13-9-4-2-7(19-9)1-3-8(14)10(11(15)16)12-17-5-6-18-12/h1-4H,5-6H2,(H,15,16)/b3-1+. The number of aliphatic carboxylic acids is 1. The molecule has 1 aliphatic heterocycles. The molecule has 1 N–H and O–H groups in total. The number of thioether (sulfide) groups is 2. The number of hydrogen-bond donors (Lipinski definition) is 1. The lowest BCUT2D eigenvalue weighted by molar-refractivity contribution is -0.134. The Hall–Kier alpha value is -0.500. The van der Waals surface area contributed by atoms with E-state index in [1.54, 1.807) is 6.08 Å². The highest BCUT2D eigenvalue weighted by molar-refractivity contribution is 9.11. The van der Waals surface area contributed by atoms with Crippen molar-refractivity contribution in [2.45, 2.75) is 0 Å². The zero-order valence-electron chi connectivity index (χ0n) is 9.59. The number of rotatable bonds is 4. The zero-order chi connectivity index (χ0) is 13.8. The van der Waals surface area contributed by atoms with Crippen molar-refractivity contribution < 1.29 is 14.7 Å². The van der Waals surface area contributed by atoms with Crippen molar-refractivity contribution in [3.8, 4) is 0 Å². The van der Waals surface area contributed by atoms with E-state index in [2.05, 4.69) is 15.9 Å². The number of halogens is 1. The zero-order valence-corrected chi connectivity index (χ0v) is 13.6. The van der Waals surface area contributed by atoms with Crippen LogP contribution in [0, 0.1) is 0 Å². The molecule has 2 heterocycles. The van der Waals surface area contributed by atoms with Crippen LogP contribution in [-0.2, 0) is 9.59 Å². The van der Waals surface area contributed by atoms with Gasteiger partial charge < -0.3 is 5.11 Å². The number of ketones is 1. The van der Waals surface area contributed by atoms with Crippen LogP contribution in [0.15, 0.2) is 31.8 Å². The van der Waals surface area contributed by atoms with Crippen LogP contribution in [0.1, 0.15) is 4.88 Å². The van der Waals surface area contributed by atoms with E-state index in [-0.39, 0.29) is 5.57 Å². The van der Waals surface area contributed by atoms with Crippen molar-refractivity contribution in [2.75, 3.05) is 11.5 Å². The highest BCUT2D eigenvalue weighted by atomic mass is 79.9. The SMILES string of the molecule is O=C(O)C(C(=O)/C=C/c1ccc(Br)s1)=C1SCCS1. The third kappa shape index (κ3) is 3.98. The molecule has 0 amide bonds. The molecule has 0 unspecified atom stereocenters. The number of carboxylic acid groups (broad SMARTS) is 1. The number of hydrogen-bond acceptors (Lipinski definition) is 5. The highest BCUT2D eigenvalue weighted by Gasteiger charge is 2.24. The van der Waals surface area contributed by atoms with Gasteiger partial charge >= 0.3 is 5.97 Å². The maximum absolute atomic E-state index is 12.0. The normalized spacial score (nSPS) is 15.1. The van der Waals surface area contributed by atoms with Crippen LogP contribution < -0.4 is 0 Å². The molecule has 100 valence electrons. The summed E-state index contributed by atoms with van der Waals surface area (Å²) < 4.78 is 1.59. The monoisotopic (exact) mass is 376 g/mol. The molecular weight excluding hydrogens is 368 g/mol. The molecule has 19 heavy (non-hydrogen) atoms. The van der Waals surface area contributed by atoms with E-state index in [1.165, 1.54) is 40.9 Å². The summed E-state index contributed by atoms with van der Waals surface area (Å²) >= 11 is 7.69. The first-order valence-corrected chi connectivity index (χ1v) is 8.87. The summed E-state index contributed by atoms with van der Waals surface area (Å²) in [4.78, 5) is 24.1. The molecule has 0 radical (unpaired) electrons. The summed E-state index contributed by atoms with van der Waals surface area (Å²) in [6, 6.07) is 3.75. The molecular formula is C12H9BrO3S3. The van der Waals surface area contributed by atoms with Crippen LogP contribution in [0.3, 0.4) is 0 Å². The van der Waals surface area contributed by atoms with Gasteiger partial charge in [-0.25, -0.2) is 4.79 Å². The third-order valence-corrected chi connectivity index (χ3v) is 6.51. The third-order valence-electron chi connectivity index (χ3n) is 2.21. The van der Waals surface area contributed by atoms with Crippen LogP contribution in [0.4, 0.5) is 0 Å². The predicted molar refractivity (Wildman–Crippen MR) is 85.6 cm³/mol. The van der Waals surface area contributed by atoms with Crippen molar-refractivity contribution in [1.82, 2.24) is 0 Å². The van der Waals surface area contributed by atoms with Crippen molar-refractivity contribution in [1.29, 1.82) is 0 Å². The van der Waals surface area contributed by atoms with Crippen molar-refractivity contribution >= 4 is 68.6 Å². The average Bonchev–Trinajstić information content (AvgIpc) is 2.98. The predicted octanol–water partition coefficient (Wildman–Crippen LogP) is 3.87. The Labute approximate surface area is 131 Å². The molecule has 1 aliphatic rings. The van der Waals surface area contributed by atoms with Crippen LogP contribution in [0.2, 0.25) is 0 Å². The molecule has 0 saturated carbocycles. The van der Waals surface area contributed by atoms with Gasteiger partial charge in [0.2, 0.25) is 0 Å². The largest absolute Gasteiger partial charge is 0.477 e. The smallest absolute Gasteiger partial charge is 0.341 e. The minimum Gasteiger partial charge on any atom is -0.477 e. The lowest BCUT2D eigenvalue weighted by Crippen LogP contribution is -2.11. The first-order valence-electron chi connectivity index (χ1n) is 5.29. The minimum absolute atomic E-state index is 0.112. The summed E-state index contributed by atoms with van der Waals surface area (Å²) in [6.07, 6.45) is 2.97. The fourth-order valence-electron chi connectivity index (χ4n) is 1.41. The fourth-order valence-corrected chi connectivity index (χ4v) is 5.27. The van der Waals surface area contributed by atoms with Crippen molar-refractivity contribution in [2.24, 2.45) is 0 Å². The summed E-state index contributed by atoms with van der Waals surface area (Å²) in [7, 11) is 0. The quantitative estimate of drug-likeness (QED) is 0.491. The number of carbonyl (C=O) groups excluding carboxylic acids is 1. The molecule has 0 aliphatic carbocycles. The topological polar surface area (TPSA) is 54.4 Å². The van der Waals surface area contributed by atoms with Crippen molar-refractivity contribution in [3.05, 3.63) is 36.7 Å². The Morgan fingerprint density at radius 3 is 2.47 bits per heavy atom. The molecule has 0 aromatic carbocycles. The van der Waals surface area contributed by atoms with Gasteiger partial charge in [0.05, 0.1) is 8.02 Å². The van der Waals surface area contributed by atoms with Gasteiger partial charge in [0.15, 0.2) is 5.78 Å². The van der Waals surface area contributed by atoms with E-state index < -0.39 is 11.8 Å².